The summed E-state index contributed by atoms with van der Waals surface area (Å²) in [4.78, 5) is 0. The van der Waals surface area contributed by atoms with E-state index in [1.807, 2.05) is 48.5 Å². The summed E-state index contributed by atoms with van der Waals surface area (Å²) in [6.07, 6.45) is 80.3. The minimum atomic E-state index is 0.288. The maximum absolute atomic E-state index is 6.49. The van der Waals surface area contributed by atoms with Gasteiger partial charge in [0.15, 0.2) is 11.5 Å². The van der Waals surface area contributed by atoms with Crippen molar-refractivity contribution in [3.63, 3.8) is 0 Å². The number of benzene rings is 6. The number of methoxy groups -OCH3 is 5. The maximum Gasteiger partial charge on any atom is 0.164 e. The molecule has 0 amide bonds. The Morgan fingerprint density at radius 1 is 0.275 bits per heavy atom. The van der Waals surface area contributed by atoms with Crippen LogP contribution in [-0.2, 0) is 26.0 Å². The lowest BCUT2D eigenvalue weighted by molar-refractivity contribution is 0.255. The topological polar surface area (TPSA) is 112 Å². The fourth-order valence-corrected chi connectivity index (χ4v) is 20.2. The van der Waals surface area contributed by atoms with Crippen molar-refractivity contribution in [1.29, 1.82) is 0 Å². The Hall–Kier alpha value is -6.36. The van der Waals surface area contributed by atoms with Gasteiger partial charge in [-0.25, -0.2) is 0 Å². The van der Waals surface area contributed by atoms with Gasteiger partial charge >= 0.3 is 0 Å². The van der Waals surface area contributed by atoms with Crippen LogP contribution in [0.4, 0.5) is 0 Å². The quantitative estimate of drug-likeness (QED) is 0.0358. The van der Waals surface area contributed by atoms with Crippen LogP contribution in [0.1, 0.15) is 561 Å². The van der Waals surface area contributed by atoms with Gasteiger partial charge in [0.2, 0.25) is 0 Å². The summed E-state index contributed by atoms with van der Waals surface area (Å²) in [7, 11) is 8.27. The van der Waals surface area contributed by atoms with Crippen LogP contribution in [0.15, 0.2) is 115 Å². The molecule has 0 radical (unpaired) electrons. The van der Waals surface area contributed by atoms with E-state index < -0.39 is 0 Å². The minimum absolute atomic E-state index is 0.288. The Morgan fingerprint density at radius 3 is 0.846 bits per heavy atom. The lowest BCUT2D eigenvalue weighted by atomic mass is 9.86. The van der Waals surface area contributed by atoms with Crippen molar-refractivity contribution < 1.29 is 37.9 Å². The fourth-order valence-electron chi connectivity index (χ4n) is 20.2. The number of nitrogens with one attached hydrogen (secondary N) is 1. The zero-order valence-electron chi connectivity index (χ0n) is 104. The summed E-state index contributed by atoms with van der Waals surface area (Å²) in [5, 5.41) is 3.55. The first-order valence-corrected chi connectivity index (χ1v) is 62.3. The number of ether oxygens (including phenoxy) is 8. The zero-order valence-corrected chi connectivity index (χ0v) is 104. The largest absolute Gasteiger partial charge is 0.497 e. The highest BCUT2D eigenvalue weighted by atomic mass is 16.5. The van der Waals surface area contributed by atoms with Crippen molar-refractivity contribution in [3.8, 4) is 46.0 Å². The van der Waals surface area contributed by atoms with E-state index in [-0.39, 0.29) is 6.04 Å². The minimum Gasteiger partial charge on any atom is -0.497 e. The van der Waals surface area contributed by atoms with Gasteiger partial charge in [-0.15, -0.1) is 0 Å². The molecule has 6 atom stereocenters. The number of nitrogens with two attached hydrogens (primary N) is 1. The molecule has 3 N–H and O–H groups in total. The highest BCUT2D eigenvalue weighted by molar-refractivity contribution is 5.50. The van der Waals surface area contributed by atoms with Crippen molar-refractivity contribution in [2.24, 2.45) is 63.9 Å². The Bertz CT molecular complexity index is 3840. The molecule has 10 nitrogen and oxygen atoms in total. The van der Waals surface area contributed by atoms with Crippen molar-refractivity contribution in [1.82, 2.24) is 5.32 Å². The molecule has 0 saturated carbocycles. The maximum atomic E-state index is 6.49. The van der Waals surface area contributed by atoms with Crippen LogP contribution in [-0.4, -0.2) is 55.3 Å². The molecule has 6 rings (SSSR count). The summed E-state index contributed by atoms with van der Waals surface area (Å²) in [5.74, 6) is 14.1. The number of rotatable bonds is 81. The van der Waals surface area contributed by atoms with Crippen molar-refractivity contribution in [2.75, 3.05) is 55.3 Å². The van der Waals surface area contributed by atoms with E-state index in [1.165, 1.54) is 380 Å². The second kappa shape index (κ2) is 91.9. The van der Waals surface area contributed by atoms with Gasteiger partial charge in [-0.1, -0.05) is 557 Å². The number of hydrogen-bond donors (Lipinski definition) is 2. The first kappa shape index (κ1) is 141. The van der Waals surface area contributed by atoms with E-state index in [4.69, 9.17) is 43.6 Å². The zero-order chi connectivity index (χ0) is 110. The molecule has 0 bridgehead atoms. The molecule has 10 heteroatoms. The van der Waals surface area contributed by atoms with Crippen LogP contribution < -0.4 is 48.9 Å². The van der Waals surface area contributed by atoms with Crippen molar-refractivity contribution in [3.05, 3.63) is 165 Å². The van der Waals surface area contributed by atoms with Crippen LogP contribution in [0.25, 0.3) is 0 Å². The molecule has 0 heterocycles. The molecule has 0 saturated heterocycles. The third-order valence-electron chi connectivity index (χ3n) is 30.4. The molecule has 0 aliphatic heterocycles. The average Bonchev–Trinajstić information content (AvgIpc) is 0.829. The number of aryl methyl sites for hydroxylation is 5. The van der Waals surface area contributed by atoms with E-state index >= 15 is 0 Å². The van der Waals surface area contributed by atoms with Gasteiger partial charge in [-0.2, -0.15) is 0 Å². The molecule has 6 aromatic rings. The van der Waals surface area contributed by atoms with Crippen LogP contribution in [0.5, 0.6) is 46.0 Å². The van der Waals surface area contributed by atoms with Gasteiger partial charge in [0.25, 0.3) is 0 Å². The monoisotopic (exact) mass is 2070 g/mol. The van der Waals surface area contributed by atoms with Gasteiger partial charge in [0, 0.05) is 30.3 Å². The van der Waals surface area contributed by atoms with E-state index in [2.05, 4.69) is 238 Å². The molecule has 0 spiro atoms. The second-order valence-electron chi connectivity index (χ2n) is 48.8. The first-order valence-electron chi connectivity index (χ1n) is 62.3. The average molecular weight is 2070 g/mol. The van der Waals surface area contributed by atoms with Gasteiger partial charge in [0.1, 0.15) is 41.1 Å². The second-order valence-corrected chi connectivity index (χ2v) is 48.8. The highest BCUT2D eigenvalue weighted by Gasteiger charge is 2.20. The Labute approximate surface area is 925 Å². The number of hydrogen-bond acceptors (Lipinski definition) is 10. The molecular formula is C139H244N2O8. The summed E-state index contributed by atoms with van der Waals surface area (Å²) in [6, 6.07) is 39.7. The SMILES string of the molecule is CC(C)CCCC(C)CCCC(C)CCCC(C)CCCC(C)(C)C.CC(C)CCCC(C)CCCC(C)CCCC(C)CCCC(C)(C)C.CCCCCCCCCCCCCCCCCCOc1cc(COc2cc(OC)ccc2CC)cc(C)c1OCCCCCCCCCCCCCCCCCC.CCNC(c1ccc(C)cc1)c1ccc(C)cc1.CCc1ccc(OC)cc1OC.COc1ccc(CN)c(OC)c1. The predicted molar refractivity (Wildman–Crippen MR) is 657 cm³/mol. The molecule has 149 heavy (non-hydrogen) atoms. The highest BCUT2D eigenvalue weighted by Crippen LogP contribution is 2.38. The van der Waals surface area contributed by atoms with Crippen LogP contribution in [0.3, 0.4) is 0 Å². The number of unbranched alkanes of at least 4 members (excludes halogenated alkanes) is 30. The lowest BCUT2D eigenvalue weighted by Crippen LogP contribution is -2.21. The van der Waals surface area contributed by atoms with E-state index in [9.17, 15) is 0 Å². The molecule has 0 aliphatic rings. The van der Waals surface area contributed by atoms with Crippen molar-refractivity contribution in [2.45, 2.75) is 558 Å². The smallest absolute Gasteiger partial charge is 0.164 e. The molecule has 0 aliphatic carbocycles. The standard InChI is InChI=1S/C53H92O4.2C25H52.C17H21N.C10H14O2.C9H13NO2/c1-6-9-11-13-15-17-19-21-23-25-27-29-31-33-35-37-41-55-52-44-48(46-57-51-45-50(54-5)40-39-49(51)8-3)43-47(4)53(52)56-42-38-36-34-32-30-28-26-24-22-20-18-16-14-12-10-7-2;2*1-21(2)13-9-14-22(3)15-10-16-23(4)17-11-18-24(5)19-12-20-25(6,7)8;1-4-18-17(15-9-5-13(2)6-10-15)16-11-7-14(3)8-12-16;1-4-8-5-6-9(11-2)7-10(8)12-3;1-11-8-4-3-7(6-10)9(5-8)12-2/h39-40,43-45H,6-38,41-42,46H2,1-5H3;2*21-24H,9-20H2,1-8H3;5-12,17-18H,4H2,1-3H3;5-7H,4H2,1-3H3;3-5H,6,10H2,1-2H3. The summed E-state index contributed by atoms with van der Waals surface area (Å²) >= 11 is 0. The molecule has 6 unspecified atom stereocenters. The van der Waals surface area contributed by atoms with Crippen LogP contribution >= 0.6 is 0 Å². The Morgan fingerprint density at radius 2 is 0.557 bits per heavy atom. The van der Waals surface area contributed by atoms with E-state index in [1.54, 1.807) is 35.5 Å². The lowest BCUT2D eigenvalue weighted by Gasteiger charge is -2.20. The van der Waals surface area contributed by atoms with Gasteiger partial charge in [0.05, 0.1) is 54.8 Å². The summed E-state index contributed by atoms with van der Waals surface area (Å²) in [6.45, 7) is 59.2. The predicted octanol–water partition coefficient (Wildman–Crippen LogP) is 43.4. The Balaban J connectivity index is 0.000000997. The summed E-state index contributed by atoms with van der Waals surface area (Å²) in [5.41, 5.74) is 17.4. The normalized spacial score (nSPS) is 12.6. The fraction of sp³-hybridized carbons (Fsp3) is 0.741. The van der Waals surface area contributed by atoms with E-state index in [0.29, 0.717) is 24.0 Å². The molecule has 0 fully saturated rings. The molecule has 6 aromatic carbocycles. The third-order valence-corrected chi connectivity index (χ3v) is 30.4. The van der Waals surface area contributed by atoms with Crippen LogP contribution in [0.2, 0.25) is 0 Å². The van der Waals surface area contributed by atoms with Gasteiger partial charge < -0.3 is 48.9 Å². The van der Waals surface area contributed by atoms with Crippen molar-refractivity contribution >= 4 is 0 Å². The Kier molecular flexibility index (Phi) is 86.7. The summed E-state index contributed by atoms with van der Waals surface area (Å²) < 4.78 is 45.2. The molecular weight excluding hydrogens is 1830 g/mol. The molecule has 0 aromatic heterocycles. The van der Waals surface area contributed by atoms with Crippen LogP contribution in [0, 0.1) is 78.9 Å². The molecule has 858 valence electrons. The van der Waals surface area contributed by atoms with E-state index in [0.717, 1.165) is 155 Å². The van der Waals surface area contributed by atoms with Gasteiger partial charge in [-0.05, 0) is 188 Å². The van der Waals surface area contributed by atoms with Gasteiger partial charge in [-0.3, -0.25) is 0 Å². The third kappa shape index (κ3) is 77.6. The first-order chi connectivity index (χ1) is 71.6.